The van der Waals surface area contributed by atoms with E-state index in [4.69, 9.17) is 0 Å². The molecule has 0 radical (unpaired) electrons. The molecule has 0 aromatic heterocycles. The summed E-state index contributed by atoms with van der Waals surface area (Å²) in [6.07, 6.45) is 2.31. The number of anilines is 2. The Kier molecular flexibility index (Phi) is 8.66. The monoisotopic (exact) mass is 462 g/mol. The van der Waals surface area contributed by atoms with Crippen molar-refractivity contribution in [1.82, 2.24) is 0 Å². The lowest BCUT2D eigenvalue weighted by Gasteiger charge is -2.17. The fourth-order valence-electron chi connectivity index (χ4n) is 3.15. The van der Waals surface area contributed by atoms with Crippen LogP contribution in [0.3, 0.4) is 0 Å². The minimum Gasteiger partial charge on any atom is -0.478 e. The largest absolute Gasteiger partial charge is 0.478 e. The third-order valence-electron chi connectivity index (χ3n) is 4.87. The van der Waals surface area contributed by atoms with Gasteiger partial charge in [-0.25, -0.2) is 4.79 Å². The maximum absolute atomic E-state index is 13.2. The first-order chi connectivity index (χ1) is 16.0. The Morgan fingerprint density at radius 2 is 1.61 bits per heavy atom. The summed E-state index contributed by atoms with van der Waals surface area (Å²) >= 11 is 1.38. The molecule has 0 heterocycles. The molecule has 0 saturated carbocycles. The number of nitrogens with one attached hydrogen (secondary N) is 2. The zero-order valence-corrected chi connectivity index (χ0v) is 19.1. The summed E-state index contributed by atoms with van der Waals surface area (Å²) in [6, 6.07) is 22.9. The van der Waals surface area contributed by atoms with Crippen LogP contribution in [-0.2, 0) is 9.59 Å². The number of hydrogen-bond acceptors (Lipinski definition) is 4. The van der Waals surface area contributed by atoms with Gasteiger partial charge in [-0.05, 0) is 54.4 Å². The van der Waals surface area contributed by atoms with Crippen LogP contribution < -0.4 is 10.6 Å². The van der Waals surface area contributed by atoms with E-state index in [1.807, 2.05) is 61.5 Å². The minimum atomic E-state index is -1.05. The summed E-state index contributed by atoms with van der Waals surface area (Å²) in [4.78, 5) is 37.2. The van der Waals surface area contributed by atoms with Gasteiger partial charge in [0.25, 0.3) is 0 Å². The molecule has 0 aliphatic rings. The van der Waals surface area contributed by atoms with Crippen LogP contribution in [0.5, 0.6) is 0 Å². The number of hydrogen-bond donors (Lipinski definition) is 3. The number of carboxylic acid groups (broad SMARTS) is 1. The van der Waals surface area contributed by atoms with Gasteiger partial charge in [0.15, 0.2) is 0 Å². The van der Waals surface area contributed by atoms with Crippen LogP contribution in [-0.4, -0.2) is 22.9 Å². The Morgan fingerprint density at radius 3 is 2.27 bits per heavy atom. The topological polar surface area (TPSA) is 95.5 Å². The summed E-state index contributed by atoms with van der Waals surface area (Å²) in [6.45, 7) is 2.04. The Hall–Kier alpha value is -3.58. The van der Waals surface area contributed by atoms with E-state index in [0.717, 1.165) is 23.3 Å². The molecule has 7 heteroatoms. The summed E-state index contributed by atoms with van der Waals surface area (Å²) in [5.41, 5.74) is 2.07. The molecule has 3 rings (SSSR count). The second kappa shape index (κ2) is 11.9. The molecule has 0 fully saturated rings. The van der Waals surface area contributed by atoms with Crippen LogP contribution >= 0.6 is 11.8 Å². The lowest BCUT2D eigenvalue weighted by molar-refractivity contribution is -0.116. The van der Waals surface area contributed by atoms with Gasteiger partial charge in [-0.2, -0.15) is 0 Å². The van der Waals surface area contributed by atoms with Gasteiger partial charge in [-0.1, -0.05) is 49.7 Å². The molecule has 2 amide bonds. The SMILES string of the molecule is CCCCC(=O)Nc1ccc(SC(C(=O)Nc2cccc(C(=O)O)c2)c2ccccc2)cc1. The number of aromatic carboxylic acids is 1. The highest BCUT2D eigenvalue weighted by molar-refractivity contribution is 8.00. The molecule has 1 unspecified atom stereocenters. The van der Waals surface area contributed by atoms with Crippen LogP contribution in [0, 0.1) is 0 Å². The average Bonchev–Trinajstić information content (AvgIpc) is 2.83. The second-order valence-electron chi connectivity index (χ2n) is 7.46. The highest BCUT2D eigenvalue weighted by Crippen LogP contribution is 2.36. The number of amides is 2. The van der Waals surface area contributed by atoms with Crippen molar-refractivity contribution in [3.05, 3.63) is 90.0 Å². The van der Waals surface area contributed by atoms with E-state index in [2.05, 4.69) is 10.6 Å². The van der Waals surface area contributed by atoms with Crippen LogP contribution in [0.15, 0.2) is 83.8 Å². The van der Waals surface area contributed by atoms with Crippen LogP contribution in [0.4, 0.5) is 11.4 Å². The van der Waals surface area contributed by atoms with E-state index in [1.54, 1.807) is 12.1 Å². The molecular formula is C26H26N2O4S. The minimum absolute atomic E-state index is 0.0117. The van der Waals surface area contributed by atoms with Crippen molar-refractivity contribution in [3.8, 4) is 0 Å². The Labute approximate surface area is 197 Å². The third kappa shape index (κ3) is 7.22. The molecule has 3 N–H and O–H groups in total. The predicted molar refractivity (Wildman–Crippen MR) is 132 cm³/mol. The third-order valence-corrected chi connectivity index (χ3v) is 6.13. The lowest BCUT2D eigenvalue weighted by Crippen LogP contribution is -2.19. The molecule has 33 heavy (non-hydrogen) atoms. The molecule has 0 aliphatic carbocycles. The van der Waals surface area contributed by atoms with E-state index >= 15 is 0 Å². The standard InChI is InChI=1S/C26H26N2O4S/c1-2-3-12-23(29)27-20-13-15-22(16-14-20)33-24(18-8-5-4-6-9-18)25(30)28-21-11-7-10-19(17-21)26(31)32/h4-11,13-17,24H,2-3,12H2,1H3,(H,27,29)(H,28,30)(H,31,32). The van der Waals surface area contributed by atoms with Gasteiger partial charge in [-0.3, -0.25) is 9.59 Å². The molecular weight excluding hydrogens is 436 g/mol. The highest BCUT2D eigenvalue weighted by atomic mass is 32.2. The van der Waals surface area contributed by atoms with Crippen molar-refractivity contribution in [3.63, 3.8) is 0 Å². The van der Waals surface area contributed by atoms with Gasteiger partial charge in [0.2, 0.25) is 11.8 Å². The summed E-state index contributed by atoms with van der Waals surface area (Å²) in [5, 5.41) is 14.4. The first kappa shape index (κ1) is 24.1. The highest BCUT2D eigenvalue weighted by Gasteiger charge is 2.22. The number of thioether (sulfide) groups is 1. The first-order valence-corrected chi connectivity index (χ1v) is 11.6. The predicted octanol–water partition coefficient (Wildman–Crippen LogP) is 5.99. The van der Waals surface area contributed by atoms with E-state index in [-0.39, 0.29) is 17.4 Å². The number of carboxylic acids is 1. The number of rotatable bonds is 10. The van der Waals surface area contributed by atoms with Crippen LogP contribution in [0.1, 0.15) is 47.4 Å². The van der Waals surface area contributed by atoms with Crippen molar-refractivity contribution < 1.29 is 19.5 Å². The molecule has 0 bridgehead atoms. The smallest absolute Gasteiger partial charge is 0.335 e. The quantitative estimate of drug-likeness (QED) is 0.322. The van der Waals surface area contributed by atoms with Gasteiger partial charge in [0.1, 0.15) is 5.25 Å². The van der Waals surface area contributed by atoms with Gasteiger partial charge >= 0.3 is 5.97 Å². The van der Waals surface area contributed by atoms with Crippen molar-refractivity contribution >= 4 is 40.9 Å². The van der Waals surface area contributed by atoms with Gasteiger partial charge in [0, 0.05) is 22.7 Å². The number of benzene rings is 3. The summed E-state index contributed by atoms with van der Waals surface area (Å²) in [5.74, 6) is -1.32. The van der Waals surface area contributed by atoms with Crippen LogP contribution in [0.2, 0.25) is 0 Å². The molecule has 0 spiro atoms. The molecule has 170 valence electrons. The van der Waals surface area contributed by atoms with Crippen molar-refractivity contribution in [2.24, 2.45) is 0 Å². The molecule has 3 aromatic rings. The maximum atomic E-state index is 13.2. The zero-order chi connectivity index (χ0) is 23.6. The molecule has 3 aromatic carbocycles. The van der Waals surface area contributed by atoms with Crippen LogP contribution in [0.25, 0.3) is 0 Å². The lowest BCUT2D eigenvalue weighted by atomic mass is 10.1. The van der Waals surface area contributed by atoms with Gasteiger partial charge < -0.3 is 15.7 Å². The van der Waals surface area contributed by atoms with Crippen molar-refractivity contribution in [2.45, 2.75) is 36.3 Å². The second-order valence-corrected chi connectivity index (χ2v) is 8.64. The molecule has 0 saturated heterocycles. The summed E-state index contributed by atoms with van der Waals surface area (Å²) in [7, 11) is 0. The maximum Gasteiger partial charge on any atom is 0.335 e. The van der Waals surface area contributed by atoms with E-state index in [9.17, 15) is 19.5 Å². The first-order valence-electron chi connectivity index (χ1n) is 10.7. The number of unbranched alkanes of at least 4 members (excludes halogenated alkanes) is 1. The van der Waals surface area contributed by atoms with Gasteiger partial charge in [0.05, 0.1) is 5.56 Å². The summed E-state index contributed by atoms with van der Waals surface area (Å²) < 4.78 is 0. The van der Waals surface area contributed by atoms with Crippen molar-refractivity contribution in [1.29, 1.82) is 0 Å². The van der Waals surface area contributed by atoms with E-state index in [0.29, 0.717) is 17.8 Å². The Morgan fingerprint density at radius 1 is 0.879 bits per heavy atom. The Bertz CT molecular complexity index is 1100. The number of carbonyl (C=O) groups excluding carboxylic acids is 2. The average molecular weight is 463 g/mol. The van der Waals surface area contributed by atoms with Crippen molar-refractivity contribution in [2.75, 3.05) is 10.6 Å². The van der Waals surface area contributed by atoms with E-state index < -0.39 is 11.2 Å². The molecule has 6 nitrogen and oxygen atoms in total. The van der Waals surface area contributed by atoms with Gasteiger partial charge in [-0.15, -0.1) is 11.8 Å². The Balaban J connectivity index is 1.75. The molecule has 1 atom stereocenters. The fourth-order valence-corrected chi connectivity index (χ4v) is 4.18. The number of carbonyl (C=O) groups is 3. The fraction of sp³-hybridized carbons (Fsp3) is 0.192. The molecule has 0 aliphatic heterocycles. The normalized spacial score (nSPS) is 11.4. The van der Waals surface area contributed by atoms with E-state index in [1.165, 1.54) is 23.9 Å². The zero-order valence-electron chi connectivity index (χ0n) is 18.3.